The van der Waals surface area contributed by atoms with E-state index in [1.807, 2.05) is 0 Å². The lowest BCUT2D eigenvalue weighted by molar-refractivity contribution is 0.190. The van der Waals surface area contributed by atoms with Crippen LogP contribution >= 0.6 is 0 Å². The number of anilines is 1. The van der Waals surface area contributed by atoms with Gasteiger partial charge < -0.3 is 16.0 Å². The Bertz CT molecular complexity index is 452. The van der Waals surface area contributed by atoms with E-state index in [9.17, 15) is 9.18 Å². The molecule has 2 atom stereocenters. The first-order chi connectivity index (χ1) is 9.11. The molecular weight excluding hydrogens is 245 g/mol. The van der Waals surface area contributed by atoms with E-state index in [4.69, 9.17) is 5.73 Å². The molecule has 1 aliphatic carbocycles. The molecule has 19 heavy (non-hydrogen) atoms. The Morgan fingerprint density at radius 1 is 1.53 bits per heavy atom. The molecule has 1 aliphatic rings. The number of hydrogen-bond donors (Lipinski definition) is 2. The molecule has 0 aliphatic heterocycles. The van der Waals surface area contributed by atoms with Gasteiger partial charge in [-0.2, -0.15) is 0 Å². The average molecular weight is 265 g/mol. The van der Waals surface area contributed by atoms with Gasteiger partial charge in [0.05, 0.1) is 0 Å². The van der Waals surface area contributed by atoms with Gasteiger partial charge in [-0.25, -0.2) is 9.18 Å². The number of carbonyl (C=O) groups excluding carboxylic acids is 1. The number of benzene rings is 1. The molecule has 1 aromatic rings. The summed E-state index contributed by atoms with van der Waals surface area (Å²) in [5.74, 6) is 0.00409. The highest BCUT2D eigenvalue weighted by Gasteiger charge is 2.31. The van der Waals surface area contributed by atoms with Gasteiger partial charge in [-0.15, -0.1) is 0 Å². The van der Waals surface area contributed by atoms with Gasteiger partial charge in [0.25, 0.3) is 0 Å². The first-order valence-electron chi connectivity index (χ1n) is 6.61. The molecule has 104 valence electrons. The number of urea groups is 1. The minimum absolute atomic E-state index is 0.179. The van der Waals surface area contributed by atoms with Crippen LogP contribution in [0.5, 0.6) is 0 Å². The summed E-state index contributed by atoms with van der Waals surface area (Å²) in [5, 5.41) is 2.71. The summed E-state index contributed by atoms with van der Waals surface area (Å²) in [5.41, 5.74) is 6.20. The van der Waals surface area contributed by atoms with Crippen molar-refractivity contribution >= 4 is 11.7 Å². The Hall–Kier alpha value is -1.62. The van der Waals surface area contributed by atoms with E-state index in [1.165, 1.54) is 12.1 Å². The summed E-state index contributed by atoms with van der Waals surface area (Å²) < 4.78 is 13.1. The average Bonchev–Trinajstić information content (AvgIpc) is 2.86. The molecular formula is C14H20FN3O. The molecule has 1 saturated carbocycles. The van der Waals surface area contributed by atoms with Crippen molar-refractivity contribution in [3.63, 3.8) is 0 Å². The molecule has 0 spiro atoms. The van der Waals surface area contributed by atoms with Crippen LogP contribution in [0.4, 0.5) is 14.9 Å². The lowest BCUT2D eigenvalue weighted by atomic mass is 10.0. The van der Waals surface area contributed by atoms with Crippen LogP contribution in [-0.4, -0.2) is 30.6 Å². The standard InChI is InChI=1S/C14H20FN3O/c1-18(13-7-2-4-10(13)9-16)14(19)17-12-6-3-5-11(15)8-12/h3,5-6,8,10,13H,2,4,7,9,16H2,1H3,(H,17,19). The van der Waals surface area contributed by atoms with E-state index < -0.39 is 0 Å². The molecule has 0 aromatic heterocycles. The number of hydrogen-bond acceptors (Lipinski definition) is 2. The van der Waals surface area contributed by atoms with Crippen LogP contribution in [0.25, 0.3) is 0 Å². The molecule has 0 bridgehead atoms. The van der Waals surface area contributed by atoms with Gasteiger partial charge >= 0.3 is 6.03 Å². The summed E-state index contributed by atoms with van der Waals surface area (Å²) in [7, 11) is 1.77. The monoisotopic (exact) mass is 265 g/mol. The number of nitrogens with two attached hydrogens (primary N) is 1. The van der Waals surface area contributed by atoms with Gasteiger partial charge in [0.1, 0.15) is 5.82 Å². The third-order valence-corrected chi connectivity index (χ3v) is 3.82. The zero-order chi connectivity index (χ0) is 13.8. The predicted octanol–water partition coefficient (Wildman–Crippen LogP) is 2.42. The highest BCUT2D eigenvalue weighted by molar-refractivity contribution is 5.89. The second-order valence-electron chi connectivity index (χ2n) is 5.05. The topological polar surface area (TPSA) is 58.4 Å². The van der Waals surface area contributed by atoms with Gasteiger partial charge in [-0.3, -0.25) is 0 Å². The molecule has 0 saturated heterocycles. The molecule has 2 amide bonds. The fraction of sp³-hybridized carbons (Fsp3) is 0.500. The SMILES string of the molecule is CN(C(=O)Nc1cccc(F)c1)C1CCCC1CN. The van der Waals surface area contributed by atoms with Crippen LogP contribution in [0.3, 0.4) is 0 Å². The van der Waals surface area contributed by atoms with Crippen molar-refractivity contribution in [3.8, 4) is 0 Å². The first kappa shape index (κ1) is 13.8. The lowest BCUT2D eigenvalue weighted by Crippen LogP contribution is -2.43. The summed E-state index contributed by atoms with van der Waals surface area (Å²) in [4.78, 5) is 13.8. The maximum absolute atomic E-state index is 13.1. The van der Waals surface area contributed by atoms with Crippen LogP contribution in [0.15, 0.2) is 24.3 Å². The summed E-state index contributed by atoms with van der Waals surface area (Å²) in [6.45, 7) is 0.599. The van der Waals surface area contributed by atoms with Gasteiger partial charge in [-0.1, -0.05) is 12.5 Å². The smallest absolute Gasteiger partial charge is 0.321 e. The Balaban J connectivity index is 1.99. The van der Waals surface area contributed by atoms with Crippen molar-refractivity contribution in [1.29, 1.82) is 0 Å². The highest BCUT2D eigenvalue weighted by Crippen LogP contribution is 2.28. The van der Waals surface area contributed by atoms with E-state index in [2.05, 4.69) is 5.32 Å². The highest BCUT2D eigenvalue weighted by atomic mass is 19.1. The molecule has 2 unspecified atom stereocenters. The Kier molecular flexibility index (Phi) is 4.37. The number of nitrogens with zero attached hydrogens (tertiary/aromatic N) is 1. The summed E-state index contributed by atoms with van der Waals surface area (Å²) in [6, 6.07) is 5.86. The molecule has 4 nitrogen and oxygen atoms in total. The van der Waals surface area contributed by atoms with Gasteiger partial charge in [0, 0.05) is 18.8 Å². The van der Waals surface area contributed by atoms with E-state index in [1.54, 1.807) is 24.1 Å². The number of carbonyl (C=O) groups is 1. The lowest BCUT2D eigenvalue weighted by Gasteiger charge is -2.29. The quantitative estimate of drug-likeness (QED) is 0.881. The zero-order valence-electron chi connectivity index (χ0n) is 11.1. The first-order valence-corrected chi connectivity index (χ1v) is 6.61. The van der Waals surface area contributed by atoms with Crippen molar-refractivity contribution in [3.05, 3.63) is 30.1 Å². The largest absolute Gasteiger partial charge is 0.330 e. The molecule has 2 rings (SSSR count). The second kappa shape index (κ2) is 6.02. The van der Waals surface area contributed by atoms with Crippen molar-refractivity contribution in [2.24, 2.45) is 11.7 Å². The van der Waals surface area contributed by atoms with Gasteiger partial charge in [-0.05, 0) is 43.5 Å². The summed E-state index contributed by atoms with van der Waals surface area (Å²) in [6.07, 6.45) is 3.15. The normalized spacial score (nSPS) is 22.3. The minimum Gasteiger partial charge on any atom is -0.330 e. The third-order valence-electron chi connectivity index (χ3n) is 3.82. The minimum atomic E-state index is -0.360. The van der Waals surface area contributed by atoms with Crippen LogP contribution < -0.4 is 11.1 Å². The Morgan fingerprint density at radius 3 is 3.00 bits per heavy atom. The van der Waals surface area contributed by atoms with Crippen LogP contribution in [0, 0.1) is 11.7 Å². The molecule has 0 heterocycles. The number of halogens is 1. The second-order valence-corrected chi connectivity index (χ2v) is 5.05. The van der Waals surface area contributed by atoms with Crippen molar-refractivity contribution in [1.82, 2.24) is 4.90 Å². The van der Waals surface area contributed by atoms with Crippen molar-refractivity contribution in [2.75, 3.05) is 18.9 Å². The molecule has 1 aromatic carbocycles. The summed E-state index contributed by atoms with van der Waals surface area (Å²) >= 11 is 0. The fourth-order valence-electron chi connectivity index (χ4n) is 2.73. The maximum Gasteiger partial charge on any atom is 0.321 e. The number of nitrogens with one attached hydrogen (secondary N) is 1. The molecule has 5 heteroatoms. The van der Waals surface area contributed by atoms with Crippen molar-refractivity contribution in [2.45, 2.75) is 25.3 Å². The number of amides is 2. The van der Waals surface area contributed by atoms with Crippen LogP contribution in [0.1, 0.15) is 19.3 Å². The third kappa shape index (κ3) is 3.23. The van der Waals surface area contributed by atoms with E-state index in [-0.39, 0.29) is 17.9 Å². The van der Waals surface area contributed by atoms with Crippen LogP contribution in [0.2, 0.25) is 0 Å². The van der Waals surface area contributed by atoms with Gasteiger partial charge in [0.15, 0.2) is 0 Å². The predicted molar refractivity (Wildman–Crippen MR) is 73.4 cm³/mol. The molecule has 0 radical (unpaired) electrons. The Morgan fingerprint density at radius 2 is 2.32 bits per heavy atom. The van der Waals surface area contributed by atoms with E-state index in [0.717, 1.165) is 19.3 Å². The Labute approximate surface area is 112 Å². The van der Waals surface area contributed by atoms with E-state index >= 15 is 0 Å². The van der Waals surface area contributed by atoms with Crippen molar-refractivity contribution < 1.29 is 9.18 Å². The zero-order valence-corrected chi connectivity index (χ0v) is 11.1. The fourth-order valence-corrected chi connectivity index (χ4v) is 2.73. The maximum atomic E-state index is 13.1. The molecule has 3 N–H and O–H groups in total. The number of rotatable bonds is 3. The van der Waals surface area contributed by atoms with E-state index in [0.29, 0.717) is 18.2 Å². The molecule has 1 fully saturated rings. The van der Waals surface area contributed by atoms with Crippen LogP contribution in [-0.2, 0) is 0 Å². The van der Waals surface area contributed by atoms with Gasteiger partial charge in [0.2, 0.25) is 0 Å².